The fraction of sp³-hybridized carbons (Fsp3) is 0.250. The molecule has 10 heteroatoms. The van der Waals surface area contributed by atoms with Crippen LogP contribution in [0.3, 0.4) is 0 Å². The molecule has 0 saturated heterocycles. The maximum absolute atomic E-state index is 13.4. The van der Waals surface area contributed by atoms with E-state index < -0.39 is 0 Å². The van der Waals surface area contributed by atoms with Crippen molar-refractivity contribution in [1.29, 1.82) is 0 Å². The quantitative estimate of drug-likeness (QED) is 0.209. The summed E-state index contributed by atoms with van der Waals surface area (Å²) in [5.74, 6) is 2.84. The Kier molecular flexibility index (Phi) is 7.85. The third-order valence-electron chi connectivity index (χ3n) is 6.03. The highest BCUT2D eigenvalue weighted by atomic mass is 79.9. The molecular formula is C28H25BrClN3O5. The van der Waals surface area contributed by atoms with Crippen LogP contribution >= 0.6 is 27.5 Å². The Balaban J connectivity index is 1.53. The fourth-order valence-corrected chi connectivity index (χ4v) is 4.69. The standard InChI is InChI=1S/C28H25BrClN3O5/c1-3-4-5-26-32-22-8-7-19(29)12-21(22)28(34)33(26)31-14-18-11-20(30)13-25(35-2)27(18)36-15-17-6-9-23-24(10-17)38-16-37-23/h6-14H,3-5,15-16H2,1-2H3. The van der Waals surface area contributed by atoms with E-state index in [1.165, 1.54) is 4.68 Å². The molecule has 0 saturated carbocycles. The average molecular weight is 599 g/mol. The van der Waals surface area contributed by atoms with Crippen LogP contribution in [-0.2, 0) is 13.0 Å². The highest BCUT2D eigenvalue weighted by molar-refractivity contribution is 9.10. The fourth-order valence-electron chi connectivity index (χ4n) is 4.11. The number of hydrogen-bond acceptors (Lipinski definition) is 7. The molecule has 196 valence electrons. The van der Waals surface area contributed by atoms with Gasteiger partial charge in [0, 0.05) is 27.5 Å². The number of methoxy groups -OCH3 is 1. The first-order chi connectivity index (χ1) is 18.5. The normalized spacial score (nSPS) is 12.4. The molecule has 0 bridgehead atoms. The Hall–Kier alpha value is -3.56. The number of unbranched alkanes of at least 4 members (excludes halogenated alkanes) is 1. The topological polar surface area (TPSA) is 84.2 Å². The molecule has 0 N–H and O–H groups in total. The van der Waals surface area contributed by atoms with E-state index in [1.54, 1.807) is 31.5 Å². The summed E-state index contributed by atoms with van der Waals surface area (Å²) in [4.78, 5) is 18.2. The molecule has 8 nitrogen and oxygen atoms in total. The van der Waals surface area contributed by atoms with Gasteiger partial charge >= 0.3 is 0 Å². The minimum atomic E-state index is -0.254. The lowest BCUT2D eigenvalue weighted by molar-refractivity contribution is 0.174. The molecule has 0 spiro atoms. The van der Waals surface area contributed by atoms with Crippen LogP contribution in [0.25, 0.3) is 10.9 Å². The number of aromatic nitrogens is 2. The largest absolute Gasteiger partial charge is 0.493 e. The SMILES string of the molecule is CCCCc1nc2ccc(Br)cc2c(=O)n1N=Cc1cc(Cl)cc(OC)c1OCc1ccc2c(c1)OCO2. The zero-order valence-corrected chi connectivity index (χ0v) is 23.2. The van der Waals surface area contributed by atoms with Gasteiger partial charge in [0.05, 0.1) is 24.2 Å². The van der Waals surface area contributed by atoms with E-state index in [0.29, 0.717) is 56.7 Å². The van der Waals surface area contributed by atoms with E-state index in [9.17, 15) is 4.79 Å². The molecule has 1 aromatic heterocycles. The second kappa shape index (κ2) is 11.4. The zero-order chi connectivity index (χ0) is 26.6. The molecule has 38 heavy (non-hydrogen) atoms. The molecule has 2 heterocycles. The summed E-state index contributed by atoms with van der Waals surface area (Å²) < 4.78 is 24.7. The maximum Gasteiger partial charge on any atom is 0.282 e. The average Bonchev–Trinajstić information content (AvgIpc) is 3.39. The zero-order valence-electron chi connectivity index (χ0n) is 20.9. The Morgan fingerprint density at radius 2 is 2.00 bits per heavy atom. The Labute approximate surface area is 232 Å². The van der Waals surface area contributed by atoms with Gasteiger partial charge in [-0.1, -0.05) is 46.9 Å². The Morgan fingerprint density at radius 3 is 2.82 bits per heavy atom. The van der Waals surface area contributed by atoms with E-state index >= 15 is 0 Å². The molecule has 1 aliphatic rings. The number of rotatable bonds is 9. The summed E-state index contributed by atoms with van der Waals surface area (Å²) in [6, 6.07) is 14.5. The van der Waals surface area contributed by atoms with E-state index in [4.69, 9.17) is 35.5 Å². The summed E-state index contributed by atoms with van der Waals surface area (Å²) in [6.45, 7) is 2.53. The van der Waals surface area contributed by atoms with Crippen LogP contribution in [-0.4, -0.2) is 29.8 Å². The van der Waals surface area contributed by atoms with E-state index in [-0.39, 0.29) is 19.0 Å². The lowest BCUT2D eigenvalue weighted by Gasteiger charge is -2.15. The second-order valence-corrected chi connectivity index (χ2v) is 10.0. The Bertz CT molecular complexity index is 1590. The van der Waals surface area contributed by atoms with Crippen LogP contribution in [0.15, 0.2) is 62.9 Å². The van der Waals surface area contributed by atoms with Crippen LogP contribution in [0.4, 0.5) is 0 Å². The maximum atomic E-state index is 13.4. The van der Waals surface area contributed by atoms with Crippen molar-refractivity contribution in [1.82, 2.24) is 9.66 Å². The molecule has 0 amide bonds. The molecule has 0 radical (unpaired) electrons. The van der Waals surface area contributed by atoms with Crippen molar-refractivity contribution in [3.8, 4) is 23.0 Å². The van der Waals surface area contributed by atoms with E-state index in [0.717, 1.165) is 22.9 Å². The van der Waals surface area contributed by atoms with Gasteiger partial charge in [-0.3, -0.25) is 4.79 Å². The van der Waals surface area contributed by atoms with Gasteiger partial charge < -0.3 is 18.9 Å². The lowest BCUT2D eigenvalue weighted by Crippen LogP contribution is -2.22. The molecule has 0 aliphatic carbocycles. The predicted octanol–water partition coefficient (Wildman–Crippen LogP) is 6.35. The van der Waals surface area contributed by atoms with Crippen molar-refractivity contribution in [3.05, 3.63) is 85.3 Å². The summed E-state index contributed by atoms with van der Waals surface area (Å²) in [7, 11) is 1.54. The first kappa shape index (κ1) is 26.1. The van der Waals surface area contributed by atoms with Crippen LogP contribution in [0.1, 0.15) is 36.7 Å². The summed E-state index contributed by atoms with van der Waals surface area (Å²) in [5.41, 5.74) is 1.82. The van der Waals surface area contributed by atoms with Crippen LogP contribution in [0.5, 0.6) is 23.0 Å². The highest BCUT2D eigenvalue weighted by Crippen LogP contribution is 2.36. The van der Waals surface area contributed by atoms with E-state index in [2.05, 4.69) is 28.0 Å². The van der Waals surface area contributed by atoms with Crippen LogP contribution < -0.4 is 24.5 Å². The number of halogens is 2. The first-order valence-corrected chi connectivity index (χ1v) is 13.3. The molecule has 0 unspecified atom stereocenters. The van der Waals surface area contributed by atoms with Crippen LogP contribution in [0, 0.1) is 0 Å². The van der Waals surface area contributed by atoms with Crippen molar-refractivity contribution >= 4 is 44.6 Å². The minimum Gasteiger partial charge on any atom is -0.493 e. The van der Waals surface area contributed by atoms with Crippen molar-refractivity contribution in [2.45, 2.75) is 32.8 Å². The summed E-state index contributed by atoms with van der Waals surface area (Å²) >= 11 is 9.82. The van der Waals surface area contributed by atoms with Gasteiger partial charge in [0.1, 0.15) is 12.4 Å². The second-order valence-electron chi connectivity index (χ2n) is 8.66. The number of nitrogens with zero attached hydrogens (tertiary/aromatic N) is 3. The molecule has 0 fully saturated rings. The van der Waals surface area contributed by atoms with Gasteiger partial charge in [-0.05, 0) is 48.4 Å². The summed E-state index contributed by atoms with van der Waals surface area (Å²) in [5, 5.41) is 5.47. The van der Waals surface area contributed by atoms with E-state index in [1.807, 2.05) is 30.3 Å². The Morgan fingerprint density at radius 1 is 1.16 bits per heavy atom. The first-order valence-electron chi connectivity index (χ1n) is 12.1. The molecule has 5 rings (SSSR count). The number of fused-ring (bicyclic) bond motifs is 2. The predicted molar refractivity (Wildman–Crippen MR) is 150 cm³/mol. The van der Waals surface area contributed by atoms with Gasteiger partial charge in [0.25, 0.3) is 5.56 Å². The third kappa shape index (κ3) is 5.49. The minimum absolute atomic E-state index is 0.200. The van der Waals surface area contributed by atoms with Gasteiger partial charge in [-0.15, -0.1) is 0 Å². The molecule has 1 aliphatic heterocycles. The lowest BCUT2D eigenvalue weighted by atomic mass is 10.2. The summed E-state index contributed by atoms with van der Waals surface area (Å²) in [6.07, 6.45) is 3.99. The number of benzene rings is 3. The van der Waals surface area contributed by atoms with Crippen molar-refractivity contribution < 1.29 is 18.9 Å². The van der Waals surface area contributed by atoms with Crippen molar-refractivity contribution in [2.75, 3.05) is 13.9 Å². The monoisotopic (exact) mass is 597 g/mol. The van der Waals surface area contributed by atoms with Gasteiger partial charge in [0.2, 0.25) is 6.79 Å². The highest BCUT2D eigenvalue weighted by Gasteiger charge is 2.17. The molecule has 0 atom stereocenters. The number of ether oxygens (including phenoxy) is 4. The van der Waals surface area contributed by atoms with Crippen molar-refractivity contribution in [3.63, 3.8) is 0 Å². The van der Waals surface area contributed by atoms with Crippen LogP contribution in [0.2, 0.25) is 5.02 Å². The number of aryl methyl sites for hydroxylation is 1. The third-order valence-corrected chi connectivity index (χ3v) is 6.74. The van der Waals surface area contributed by atoms with Gasteiger partial charge in [-0.25, -0.2) is 4.98 Å². The number of hydrogen-bond donors (Lipinski definition) is 0. The molecule has 4 aromatic rings. The van der Waals surface area contributed by atoms with Gasteiger partial charge in [0.15, 0.2) is 23.0 Å². The molecule has 3 aromatic carbocycles. The van der Waals surface area contributed by atoms with Crippen molar-refractivity contribution in [2.24, 2.45) is 5.10 Å². The molecular weight excluding hydrogens is 574 g/mol. The smallest absolute Gasteiger partial charge is 0.282 e. The van der Waals surface area contributed by atoms with Gasteiger partial charge in [-0.2, -0.15) is 9.78 Å².